The summed E-state index contributed by atoms with van der Waals surface area (Å²) in [7, 11) is 0. The van der Waals surface area contributed by atoms with Crippen LogP contribution in [0.2, 0.25) is 0 Å². The lowest BCUT2D eigenvalue weighted by molar-refractivity contribution is -0.138. The van der Waals surface area contributed by atoms with Gasteiger partial charge < -0.3 is 10.3 Å². The average Bonchev–Trinajstić information content (AvgIpc) is 3.25. The zero-order valence-corrected chi connectivity index (χ0v) is 18.4. The molecule has 0 aliphatic heterocycles. The van der Waals surface area contributed by atoms with Crippen molar-refractivity contribution in [2.24, 2.45) is 0 Å². The maximum atomic E-state index is 13.8. The summed E-state index contributed by atoms with van der Waals surface area (Å²) in [5.41, 5.74) is 1.83. The molecule has 8 heteroatoms. The van der Waals surface area contributed by atoms with Crippen molar-refractivity contribution in [1.82, 2.24) is 20.3 Å². The molecule has 0 unspecified atom stereocenters. The third-order valence-electron chi connectivity index (χ3n) is 5.50. The highest BCUT2D eigenvalue weighted by molar-refractivity contribution is 5.94. The molecule has 1 amide bonds. The zero-order valence-electron chi connectivity index (χ0n) is 18.4. The highest BCUT2D eigenvalue weighted by atomic mass is 19.4. The number of aromatic amines is 1. The van der Waals surface area contributed by atoms with E-state index in [1.807, 2.05) is 12.1 Å². The Labute approximate surface area is 189 Å². The molecular formula is C25H23F3N4O. The second kappa shape index (κ2) is 8.35. The zero-order chi connectivity index (χ0) is 23.8. The van der Waals surface area contributed by atoms with Crippen molar-refractivity contribution in [3.8, 4) is 11.3 Å². The van der Waals surface area contributed by atoms with Gasteiger partial charge in [-0.25, -0.2) is 9.97 Å². The Bertz CT molecular complexity index is 1300. The number of halogens is 3. The molecule has 0 saturated heterocycles. The number of carbonyl (C=O) groups is 1. The molecule has 33 heavy (non-hydrogen) atoms. The molecule has 0 aliphatic rings. The van der Waals surface area contributed by atoms with Crippen molar-refractivity contribution in [2.45, 2.75) is 38.9 Å². The molecule has 0 aliphatic carbocycles. The maximum absolute atomic E-state index is 13.8. The summed E-state index contributed by atoms with van der Waals surface area (Å²) in [6, 6.07) is 12.8. The van der Waals surface area contributed by atoms with Gasteiger partial charge in [-0.05, 0) is 40.8 Å². The number of amides is 1. The quantitative estimate of drug-likeness (QED) is 0.407. The van der Waals surface area contributed by atoms with Gasteiger partial charge in [0.2, 0.25) is 0 Å². The summed E-state index contributed by atoms with van der Waals surface area (Å²) in [6.45, 7) is 5.94. The summed E-state index contributed by atoms with van der Waals surface area (Å²) < 4.78 is 41.5. The number of alkyl halides is 3. The number of benzene rings is 2. The highest BCUT2D eigenvalue weighted by Crippen LogP contribution is 2.36. The van der Waals surface area contributed by atoms with E-state index in [1.54, 1.807) is 30.5 Å². The van der Waals surface area contributed by atoms with Gasteiger partial charge in [-0.3, -0.25) is 4.79 Å². The first-order valence-corrected chi connectivity index (χ1v) is 10.4. The Morgan fingerprint density at radius 1 is 1.00 bits per heavy atom. The van der Waals surface area contributed by atoms with Crippen molar-refractivity contribution in [3.05, 3.63) is 83.3 Å². The van der Waals surface area contributed by atoms with Gasteiger partial charge in [0.1, 0.15) is 12.0 Å². The summed E-state index contributed by atoms with van der Waals surface area (Å²) in [5, 5.41) is 3.23. The number of nitrogens with one attached hydrogen (secondary N) is 2. The first-order chi connectivity index (χ1) is 15.5. The fraction of sp³-hybridized carbons (Fsp3) is 0.240. The van der Waals surface area contributed by atoms with E-state index in [0.29, 0.717) is 27.9 Å². The van der Waals surface area contributed by atoms with Gasteiger partial charge in [-0.15, -0.1) is 0 Å². The van der Waals surface area contributed by atoms with Crippen molar-refractivity contribution in [2.75, 3.05) is 0 Å². The second-order valence-electron chi connectivity index (χ2n) is 8.84. The van der Waals surface area contributed by atoms with Crippen molar-refractivity contribution >= 4 is 16.9 Å². The van der Waals surface area contributed by atoms with Crippen molar-refractivity contribution in [3.63, 3.8) is 0 Å². The molecule has 4 rings (SSSR count). The maximum Gasteiger partial charge on any atom is 0.416 e. The predicted octanol–water partition coefficient (Wildman–Crippen LogP) is 5.87. The van der Waals surface area contributed by atoms with Crippen LogP contribution in [0.1, 0.15) is 47.8 Å². The largest absolute Gasteiger partial charge is 0.416 e. The number of nitrogens with zero attached hydrogens (tertiary/aromatic N) is 2. The lowest BCUT2D eigenvalue weighted by Gasteiger charge is -2.19. The van der Waals surface area contributed by atoms with Crippen molar-refractivity contribution < 1.29 is 18.0 Å². The van der Waals surface area contributed by atoms with Crippen LogP contribution in [-0.2, 0) is 18.1 Å². The fourth-order valence-electron chi connectivity index (χ4n) is 3.64. The van der Waals surface area contributed by atoms with Gasteiger partial charge in [0.25, 0.3) is 5.91 Å². The number of hydrogen-bond donors (Lipinski definition) is 2. The van der Waals surface area contributed by atoms with Crippen LogP contribution in [0, 0.1) is 0 Å². The molecule has 2 aromatic carbocycles. The number of H-pyrrole nitrogens is 1. The molecule has 170 valence electrons. The van der Waals surface area contributed by atoms with Crippen LogP contribution < -0.4 is 5.32 Å². The lowest BCUT2D eigenvalue weighted by Crippen LogP contribution is -2.24. The Hall–Kier alpha value is -3.68. The number of fused-ring (bicyclic) bond motifs is 1. The topological polar surface area (TPSA) is 70.7 Å². The third-order valence-corrected chi connectivity index (χ3v) is 5.50. The van der Waals surface area contributed by atoms with Gasteiger partial charge >= 0.3 is 6.18 Å². The van der Waals surface area contributed by atoms with E-state index in [4.69, 9.17) is 0 Å². The second-order valence-corrected chi connectivity index (χ2v) is 8.84. The smallest absolute Gasteiger partial charge is 0.348 e. The molecule has 5 nitrogen and oxygen atoms in total. The van der Waals surface area contributed by atoms with E-state index in [1.165, 1.54) is 12.4 Å². The van der Waals surface area contributed by atoms with E-state index in [0.717, 1.165) is 11.6 Å². The first-order valence-electron chi connectivity index (χ1n) is 10.4. The van der Waals surface area contributed by atoms with Crippen molar-refractivity contribution in [1.29, 1.82) is 0 Å². The summed E-state index contributed by atoms with van der Waals surface area (Å²) >= 11 is 0. The van der Waals surface area contributed by atoms with Crippen LogP contribution >= 0.6 is 0 Å². The molecule has 0 atom stereocenters. The number of rotatable bonds is 4. The van der Waals surface area contributed by atoms with E-state index < -0.39 is 17.6 Å². The lowest BCUT2D eigenvalue weighted by atomic mass is 9.87. The van der Waals surface area contributed by atoms with E-state index in [-0.39, 0.29) is 17.5 Å². The monoisotopic (exact) mass is 452 g/mol. The van der Waals surface area contributed by atoms with Gasteiger partial charge in [-0.1, -0.05) is 45.0 Å². The minimum Gasteiger partial charge on any atom is -0.348 e. The molecule has 2 aromatic heterocycles. The molecule has 2 N–H and O–H groups in total. The van der Waals surface area contributed by atoms with E-state index in [9.17, 15) is 18.0 Å². The van der Waals surface area contributed by atoms with E-state index in [2.05, 4.69) is 41.0 Å². The Morgan fingerprint density at radius 3 is 2.39 bits per heavy atom. The van der Waals surface area contributed by atoms with Crippen LogP contribution in [-0.4, -0.2) is 20.9 Å². The van der Waals surface area contributed by atoms with Crippen LogP contribution in [0.3, 0.4) is 0 Å². The molecule has 0 saturated carbocycles. The predicted molar refractivity (Wildman–Crippen MR) is 121 cm³/mol. The van der Waals surface area contributed by atoms with Gasteiger partial charge in [0.15, 0.2) is 0 Å². The molecule has 0 bridgehead atoms. The minimum absolute atomic E-state index is 0.0229. The van der Waals surface area contributed by atoms with Crippen LogP contribution in [0.25, 0.3) is 22.3 Å². The first kappa shape index (κ1) is 22.5. The number of carbonyl (C=O) groups excluding carboxylic acids is 1. The summed E-state index contributed by atoms with van der Waals surface area (Å²) in [6.07, 6.45) is -1.62. The Balaban J connectivity index is 1.59. The number of hydrogen-bond acceptors (Lipinski definition) is 3. The average molecular weight is 452 g/mol. The fourth-order valence-corrected chi connectivity index (χ4v) is 3.64. The molecule has 0 radical (unpaired) electrons. The minimum atomic E-state index is -4.59. The van der Waals surface area contributed by atoms with Gasteiger partial charge in [0, 0.05) is 29.3 Å². The highest BCUT2D eigenvalue weighted by Gasteiger charge is 2.34. The summed E-state index contributed by atoms with van der Waals surface area (Å²) in [4.78, 5) is 23.7. The van der Waals surface area contributed by atoms with Crippen LogP contribution in [0.5, 0.6) is 0 Å². The van der Waals surface area contributed by atoms with Gasteiger partial charge in [0.05, 0.1) is 11.3 Å². The van der Waals surface area contributed by atoms with Gasteiger partial charge in [-0.2, -0.15) is 13.2 Å². The SMILES string of the molecule is CC(C)(C)c1ccc(C(=O)NCc2ccc(-c3ncnc4[nH]ccc34)cc2C(F)(F)F)cc1. The van der Waals surface area contributed by atoms with Crippen LogP contribution in [0.15, 0.2) is 61.1 Å². The molecule has 0 spiro atoms. The molecule has 2 heterocycles. The van der Waals surface area contributed by atoms with E-state index >= 15 is 0 Å². The number of aromatic nitrogens is 3. The normalized spacial score (nSPS) is 12.2. The van der Waals surface area contributed by atoms with Crippen LogP contribution in [0.4, 0.5) is 13.2 Å². The molecular weight excluding hydrogens is 429 g/mol. The molecule has 4 aromatic rings. The Morgan fingerprint density at radius 2 is 1.73 bits per heavy atom. The molecule has 0 fully saturated rings. The third kappa shape index (κ3) is 4.74. The Kier molecular flexibility index (Phi) is 5.69. The summed E-state index contributed by atoms with van der Waals surface area (Å²) in [5.74, 6) is -0.433. The standard InChI is InChI=1S/C25H23F3N4O/c1-24(2,3)18-8-6-15(7-9-18)23(33)30-13-17-5-4-16(12-20(17)25(26,27)28)21-19-10-11-29-22(19)32-14-31-21/h4-12,14H,13H2,1-3H3,(H,30,33)(H,29,31,32).